The molecule has 3 amide bonds. The number of carbonyl (C=O) groups excluding carboxylic acids is 2. The summed E-state index contributed by atoms with van der Waals surface area (Å²) in [4.78, 5) is 24.3. The predicted molar refractivity (Wildman–Crippen MR) is 96.8 cm³/mol. The van der Waals surface area contributed by atoms with E-state index in [1.807, 2.05) is 42.6 Å². The second kappa shape index (κ2) is 9.08. The zero-order chi connectivity index (χ0) is 17.4. The first kappa shape index (κ1) is 18.0. The third-order valence-electron chi connectivity index (χ3n) is 3.71. The average Bonchev–Trinajstić information content (AvgIpc) is 3.07. The number of urea groups is 1. The van der Waals surface area contributed by atoms with Gasteiger partial charge < -0.3 is 16.4 Å². The van der Waals surface area contributed by atoms with Crippen LogP contribution in [0.5, 0.6) is 0 Å². The number of nitrogens with one attached hydrogen (secondary N) is 2. The predicted octanol–water partition coefficient (Wildman–Crippen LogP) is 2.99. The van der Waals surface area contributed by atoms with Crippen molar-refractivity contribution < 1.29 is 9.59 Å². The fraction of sp³-hybridized carbons (Fsp3) is 0.333. The highest BCUT2D eigenvalue weighted by atomic mass is 32.1. The van der Waals surface area contributed by atoms with Crippen LogP contribution in [0.3, 0.4) is 0 Å². The number of rotatable bonds is 8. The van der Waals surface area contributed by atoms with Gasteiger partial charge in [-0.3, -0.25) is 4.79 Å². The molecule has 1 heterocycles. The smallest absolute Gasteiger partial charge is 0.312 e. The van der Waals surface area contributed by atoms with Crippen molar-refractivity contribution in [2.24, 2.45) is 5.73 Å². The van der Waals surface area contributed by atoms with Gasteiger partial charge >= 0.3 is 6.03 Å². The molecule has 128 valence electrons. The first-order valence-electron chi connectivity index (χ1n) is 7.97. The highest BCUT2D eigenvalue weighted by Gasteiger charge is 2.19. The molecular formula is C18H23N3O2S. The first-order chi connectivity index (χ1) is 11.5. The molecule has 0 saturated carbocycles. The molecule has 0 aliphatic rings. The van der Waals surface area contributed by atoms with Crippen molar-refractivity contribution in [3.63, 3.8) is 0 Å². The molecule has 4 N–H and O–H groups in total. The van der Waals surface area contributed by atoms with Crippen molar-refractivity contribution in [3.8, 4) is 0 Å². The SMILES string of the molecule is CC(CCc1ccccc1)NC(=O)CC(NC(N)=O)c1cccs1. The highest BCUT2D eigenvalue weighted by Crippen LogP contribution is 2.22. The van der Waals surface area contributed by atoms with Crippen LogP contribution in [-0.2, 0) is 11.2 Å². The molecule has 0 spiro atoms. The van der Waals surface area contributed by atoms with Gasteiger partial charge in [-0.15, -0.1) is 11.3 Å². The summed E-state index contributed by atoms with van der Waals surface area (Å²) < 4.78 is 0. The van der Waals surface area contributed by atoms with Gasteiger partial charge in [0, 0.05) is 10.9 Å². The fourth-order valence-electron chi connectivity index (χ4n) is 2.50. The Kier molecular flexibility index (Phi) is 6.81. The Hall–Kier alpha value is -2.34. The van der Waals surface area contributed by atoms with Crippen LogP contribution in [-0.4, -0.2) is 18.0 Å². The van der Waals surface area contributed by atoms with Gasteiger partial charge in [0.25, 0.3) is 0 Å². The van der Waals surface area contributed by atoms with E-state index in [1.54, 1.807) is 0 Å². The van der Waals surface area contributed by atoms with E-state index in [1.165, 1.54) is 16.9 Å². The lowest BCUT2D eigenvalue weighted by molar-refractivity contribution is -0.122. The zero-order valence-electron chi connectivity index (χ0n) is 13.7. The van der Waals surface area contributed by atoms with Crippen molar-refractivity contribution >= 4 is 23.3 Å². The van der Waals surface area contributed by atoms with Crippen LogP contribution < -0.4 is 16.4 Å². The molecule has 1 aromatic carbocycles. The van der Waals surface area contributed by atoms with Crippen molar-refractivity contribution in [1.82, 2.24) is 10.6 Å². The molecule has 0 saturated heterocycles. The quantitative estimate of drug-likeness (QED) is 0.687. The molecule has 2 aromatic rings. The van der Waals surface area contributed by atoms with Gasteiger partial charge in [-0.2, -0.15) is 0 Å². The Morgan fingerprint density at radius 1 is 1.12 bits per heavy atom. The average molecular weight is 345 g/mol. The summed E-state index contributed by atoms with van der Waals surface area (Å²) in [6.45, 7) is 1.99. The lowest BCUT2D eigenvalue weighted by Crippen LogP contribution is -2.38. The van der Waals surface area contributed by atoms with Crippen LogP contribution >= 0.6 is 11.3 Å². The number of hydrogen-bond acceptors (Lipinski definition) is 3. The summed E-state index contributed by atoms with van der Waals surface area (Å²) in [5, 5.41) is 7.53. The molecule has 0 bridgehead atoms. The van der Waals surface area contributed by atoms with Crippen LogP contribution in [0.4, 0.5) is 4.79 Å². The molecular weight excluding hydrogens is 322 g/mol. The lowest BCUT2D eigenvalue weighted by Gasteiger charge is -2.18. The number of primary amides is 1. The van der Waals surface area contributed by atoms with E-state index < -0.39 is 6.03 Å². The Morgan fingerprint density at radius 3 is 2.50 bits per heavy atom. The van der Waals surface area contributed by atoms with E-state index in [9.17, 15) is 9.59 Å². The maximum Gasteiger partial charge on any atom is 0.312 e. The van der Waals surface area contributed by atoms with Crippen molar-refractivity contribution in [1.29, 1.82) is 0 Å². The van der Waals surface area contributed by atoms with E-state index in [0.717, 1.165) is 17.7 Å². The minimum absolute atomic E-state index is 0.0651. The summed E-state index contributed by atoms with van der Waals surface area (Å²) >= 11 is 1.49. The molecule has 0 radical (unpaired) electrons. The summed E-state index contributed by atoms with van der Waals surface area (Å²) in [7, 11) is 0. The summed E-state index contributed by atoms with van der Waals surface area (Å²) in [6.07, 6.45) is 1.96. The van der Waals surface area contributed by atoms with Gasteiger partial charge in [0.1, 0.15) is 0 Å². The third kappa shape index (κ3) is 6.04. The van der Waals surface area contributed by atoms with Crippen LogP contribution in [0.2, 0.25) is 0 Å². The second-order valence-electron chi connectivity index (χ2n) is 5.77. The Balaban J connectivity index is 1.82. The fourth-order valence-corrected chi connectivity index (χ4v) is 3.28. The van der Waals surface area contributed by atoms with E-state index in [4.69, 9.17) is 5.73 Å². The zero-order valence-corrected chi connectivity index (χ0v) is 14.5. The molecule has 0 fully saturated rings. The molecule has 0 aliphatic heterocycles. The normalized spacial score (nSPS) is 13.0. The van der Waals surface area contributed by atoms with E-state index in [0.29, 0.717) is 0 Å². The van der Waals surface area contributed by atoms with Gasteiger partial charge in [0.05, 0.1) is 12.5 Å². The molecule has 2 rings (SSSR count). The maximum absolute atomic E-state index is 12.3. The third-order valence-corrected chi connectivity index (χ3v) is 4.69. The minimum Gasteiger partial charge on any atom is -0.354 e. The summed E-state index contributed by atoms with van der Waals surface area (Å²) in [5.41, 5.74) is 6.47. The monoisotopic (exact) mass is 345 g/mol. The number of amides is 3. The van der Waals surface area contributed by atoms with Crippen LogP contribution in [0.25, 0.3) is 0 Å². The van der Waals surface area contributed by atoms with Crippen LogP contribution in [0, 0.1) is 0 Å². The first-order valence-corrected chi connectivity index (χ1v) is 8.85. The number of thiophene rings is 1. The topological polar surface area (TPSA) is 84.2 Å². The summed E-state index contributed by atoms with van der Waals surface area (Å²) in [5.74, 6) is -0.0947. The van der Waals surface area contributed by atoms with Crippen molar-refractivity contribution in [2.45, 2.75) is 38.3 Å². The molecule has 2 atom stereocenters. The minimum atomic E-state index is -0.627. The molecule has 0 aliphatic carbocycles. The molecule has 1 aromatic heterocycles. The number of nitrogens with two attached hydrogens (primary N) is 1. The number of hydrogen-bond donors (Lipinski definition) is 3. The Labute approximate surface area is 146 Å². The lowest BCUT2D eigenvalue weighted by atomic mass is 10.1. The molecule has 6 heteroatoms. The number of aryl methyl sites for hydroxylation is 1. The summed E-state index contributed by atoms with van der Waals surface area (Å²) in [6, 6.07) is 13.0. The van der Waals surface area contributed by atoms with Gasteiger partial charge in [-0.05, 0) is 36.8 Å². The van der Waals surface area contributed by atoms with E-state index in [-0.39, 0.29) is 24.4 Å². The highest BCUT2D eigenvalue weighted by molar-refractivity contribution is 7.10. The maximum atomic E-state index is 12.3. The van der Waals surface area contributed by atoms with Crippen LogP contribution in [0.1, 0.15) is 36.2 Å². The Morgan fingerprint density at radius 2 is 1.88 bits per heavy atom. The van der Waals surface area contributed by atoms with Gasteiger partial charge in [0.15, 0.2) is 0 Å². The largest absolute Gasteiger partial charge is 0.354 e. The van der Waals surface area contributed by atoms with E-state index >= 15 is 0 Å². The van der Waals surface area contributed by atoms with Gasteiger partial charge in [-0.1, -0.05) is 36.4 Å². The molecule has 5 nitrogen and oxygen atoms in total. The van der Waals surface area contributed by atoms with Gasteiger partial charge in [-0.25, -0.2) is 4.79 Å². The standard InChI is InChI=1S/C18H23N3O2S/c1-13(9-10-14-6-3-2-4-7-14)20-17(22)12-15(21-18(19)23)16-8-5-11-24-16/h2-8,11,13,15H,9-10,12H2,1H3,(H,20,22)(H3,19,21,23). The van der Waals surface area contributed by atoms with Crippen LogP contribution in [0.15, 0.2) is 47.8 Å². The van der Waals surface area contributed by atoms with Crippen molar-refractivity contribution in [3.05, 3.63) is 58.3 Å². The number of benzene rings is 1. The van der Waals surface area contributed by atoms with Crippen molar-refractivity contribution in [2.75, 3.05) is 0 Å². The van der Waals surface area contributed by atoms with E-state index in [2.05, 4.69) is 22.8 Å². The van der Waals surface area contributed by atoms with Gasteiger partial charge in [0.2, 0.25) is 5.91 Å². The number of carbonyl (C=O) groups is 2. The second-order valence-corrected chi connectivity index (χ2v) is 6.75. The molecule has 2 unspecified atom stereocenters. The Bertz CT molecular complexity index is 644. The molecule has 24 heavy (non-hydrogen) atoms.